The molecule has 3 rings (SSSR count). The van der Waals surface area contributed by atoms with E-state index >= 15 is 0 Å². The van der Waals surface area contributed by atoms with E-state index in [1.165, 1.54) is 11.1 Å². The van der Waals surface area contributed by atoms with Crippen molar-refractivity contribution in [3.05, 3.63) is 88.2 Å². The first kappa shape index (κ1) is 18.6. The number of nitrogens with one attached hydrogen (secondary N) is 2. The van der Waals surface area contributed by atoms with E-state index in [-0.39, 0.29) is 5.91 Å². The Morgan fingerprint density at radius 1 is 0.852 bits per heavy atom. The number of aryl methyl sites for hydroxylation is 3. The third-order valence-electron chi connectivity index (χ3n) is 4.16. The summed E-state index contributed by atoms with van der Waals surface area (Å²) in [4.78, 5) is 21.2. The lowest BCUT2D eigenvalue weighted by atomic mass is 10.1. The van der Waals surface area contributed by atoms with Gasteiger partial charge in [-0.3, -0.25) is 4.79 Å². The molecule has 0 unspecified atom stereocenters. The molecule has 1 aromatic heterocycles. The first-order valence-electron chi connectivity index (χ1n) is 8.98. The van der Waals surface area contributed by atoms with Gasteiger partial charge in [0.25, 0.3) is 5.91 Å². The molecule has 5 nitrogen and oxygen atoms in total. The van der Waals surface area contributed by atoms with E-state index in [1.807, 2.05) is 44.2 Å². The van der Waals surface area contributed by atoms with Crippen LogP contribution in [0.15, 0.2) is 54.6 Å². The minimum absolute atomic E-state index is 0.208. The molecule has 0 saturated carbocycles. The van der Waals surface area contributed by atoms with E-state index in [0.717, 1.165) is 16.8 Å². The zero-order valence-electron chi connectivity index (χ0n) is 15.9. The molecule has 0 aliphatic rings. The van der Waals surface area contributed by atoms with E-state index in [9.17, 15) is 4.79 Å². The van der Waals surface area contributed by atoms with E-state index in [4.69, 9.17) is 0 Å². The molecule has 1 heterocycles. The van der Waals surface area contributed by atoms with Crippen molar-refractivity contribution in [2.24, 2.45) is 0 Å². The van der Waals surface area contributed by atoms with Gasteiger partial charge >= 0.3 is 0 Å². The molecule has 5 heteroatoms. The molecule has 2 N–H and O–H groups in total. The van der Waals surface area contributed by atoms with Crippen LogP contribution in [-0.2, 0) is 13.1 Å². The molecule has 0 aliphatic carbocycles. The minimum Gasteiger partial charge on any atom is -0.350 e. The largest absolute Gasteiger partial charge is 0.350 e. The number of carbonyl (C=O) groups excluding carboxylic acids is 1. The van der Waals surface area contributed by atoms with Crippen molar-refractivity contribution in [2.75, 3.05) is 5.32 Å². The van der Waals surface area contributed by atoms with Gasteiger partial charge in [0, 0.05) is 18.8 Å². The summed E-state index contributed by atoms with van der Waals surface area (Å²) in [6.45, 7) is 7.02. The van der Waals surface area contributed by atoms with Crippen molar-refractivity contribution >= 4 is 11.9 Å². The lowest BCUT2D eigenvalue weighted by Gasteiger charge is -2.10. The molecule has 138 valence electrons. The summed E-state index contributed by atoms with van der Waals surface area (Å²) < 4.78 is 0. The Morgan fingerprint density at radius 3 is 2.11 bits per heavy atom. The van der Waals surface area contributed by atoms with Crippen molar-refractivity contribution in [2.45, 2.75) is 33.9 Å². The Balaban J connectivity index is 1.66. The van der Waals surface area contributed by atoms with Gasteiger partial charge < -0.3 is 10.6 Å². The van der Waals surface area contributed by atoms with E-state index in [2.05, 4.69) is 45.7 Å². The Labute approximate surface area is 159 Å². The van der Waals surface area contributed by atoms with Crippen LogP contribution in [0.1, 0.15) is 38.4 Å². The highest BCUT2D eigenvalue weighted by molar-refractivity contribution is 5.92. The molecule has 3 aromatic rings. The molecule has 2 aromatic carbocycles. The van der Waals surface area contributed by atoms with Gasteiger partial charge in [0.1, 0.15) is 5.69 Å². The molecule has 0 radical (unpaired) electrons. The maximum Gasteiger partial charge on any atom is 0.270 e. The van der Waals surface area contributed by atoms with Crippen LogP contribution in [-0.4, -0.2) is 15.9 Å². The zero-order chi connectivity index (χ0) is 19.2. The number of hydrogen-bond acceptors (Lipinski definition) is 4. The smallest absolute Gasteiger partial charge is 0.270 e. The van der Waals surface area contributed by atoms with Crippen molar-refractivity contribution in [3.63, 3.8) is 0 Å². The highest BCUT2D eigenvalue weighted by Gasteiger charge is 2.10. The van der Waals surface area contributed by atoms with Crippen LogP contribution >= 0.6 is 0 Å². The summed E-state index contributed by atoms with van der Waals surface area (Å²) in [6.07, 6.45) is 0. The summed E-state index contributed by atoms with van der Waals surface area (Å²) >= 11 is 0. The third kappa shape index (κ3) is 5.38. The number of carbonyl (C=O) groups is 1. The number of benzene rings is 2. The minimum atomic E-state index is -0.208. The molecular weight excluding hydrogens is 336 g/mol. The Hall–Kier alpha value is -3.21. The summed E-state index contributed by atoms with van der Waals surface area (Å²) in [5, 5.41) is 6.12. The van der Waals surface area contributed by atoms with Crippen molar-refractivity contribution in [1.82, 2.24) is 15.3 Å². The molecule has 0 saturated heterocycles. The summed E-state index contributed by atoms with van der Waals surface area (Å²) in [6, 6.07) is 18.0. The van der Waals surface area contributed by atoms with Gasteiger partial charge in [0.15, 0.2) is 0 Å². The zero-order valence-corrected chi connectivity index (χ0v) is 15.9. The SMILES string of the molecule is Cc1cccc(CNC(=O)c2cc(C)nc(NCc3cccc(C)c3)n2)c1. The highest BCUT2D eigenvalue weighted by atomic mass is 16.1. The Kier molecular flexibility index (Phi) is 5.81. The van der Waals surface area contributed by atoms with Gasteiger partial charge in [-0.1, -0.05) is 59.7 Å². The predicted molar refractivity (Wildman–Crippen MR) is 108 cm³/mol. The number of nitrogens with zero attached hydrogens (tertiary/aromatic N) is 2. The van der Waals surface area contributed by atoms with Crippen LogP contribution in [0.25, 0.3) is 0 Å². The second-order valence-electron chi connectivity index (χ2n) is 6.73. The lowest BCUT2D eigenvalue weighted by molar-refractivity contribution is 0.0945. The van der Waals surface area contributed by atoms with E-state index < -0.39 is 0 Å². The molecule has 0 bridgehead atoms. The molecule has 0 fully saturated rings. The average molecular weight is 360 g/mol. The first-order valence-corrected chi connectivity index (χ1v) is 8.98. The van der Waals surface area contributed by atoms with Gasteiger partial charge in [0.2, 0.25) is 5.95 Å². The monoisotopic (exact) mass is 360 g/mol. The van der Waals surface area contributed by atoms with Gasteiger partial charge in [-0.15, -0.1) is 0 Å². The number of hydrogen-bond donors (Lipinski definition) is 2. The molecular formula is C22H24N4O. The molecule has 27 heavy (non-hydrogen) atoms. The van der Waals surface area contributed by atoms with Gasteiger partial charge in [0.05, 0.1) is 0 Å². The fraction of sp³-hybridized carbons (Fsp3) is 0.227. The second kappa shape index (κ2) is 8.45. The fourth-order valence-corrected chi connectivity index (χ4v) is 2.86. The van der Waals surface area contributed by atoms with Gasteiger partial charge in [-0.05, 0) is 38.0 Å². The van der Waals surface area contributed by atoms with Crippen LogP contribution in [0, 0.1) is 20.8 Å². The highest BCUT2D eigenvalue weighted by Crippen LogP contribution is 2.10. The standard InChI is InChI=1S/C22H24N4O/c1-15-6-4-8-18(10-15)13-23-21(27)20-12-17(3)25-22(26-20)24-14-19-9-5-7-16(2)11-19/h4-12H,13-14H2,1-3H3,(H,23,27)(H,24,25,26). The maximum absolute atomic E-state index is 12.5. The van der Waals surface area contributed by atoms with Crippen molar-refractivity contribution < 1.29 is 4.79 Å². The van der Waals surface area contributed by atoms with Gasteiger partial charge in [-0.2, -0.15) is 0 Å². The molecule has 0 atom stereocenters. The fourth-order valence-electron chi connectivity index (χ4n) is 2.86. The normalized spacial score (nSPS) is 10.5. The molecule has 1 amide bonds. The topological polar surface area (TPSA) is 66.9 Å². The molecule has 0 spiro atoms. The van der Waals surface area contributed by atoms with Crippen LogP contribution in [0.4, 0.5) is 5.95 Å². The lowest BCUT2D eigenvalue weighted by Crippen LogP contribution is -2.24. The summed E-state index contributed by atoms with van der Waals surface area (Å²) in [7, 11) is 0. The quantitative estimate of drug-likeness (QED) is 0.699. The number of amides is 1. The van der Waals surface area contributed by atoms with E-state index in [0.29, 0.717) is 24.7 Å². The van der Waals surface area contributed by atoms with E-state index in [1.54, 1.807) is 6.07 Å². The molecule has 0 aliphatic heterocycles. The second-order valence-corrected chi connectivity index (χ2v) is 6.73. The van der Waals surface area contributed by atoms with Crippen LogP contribution in [0.5, 0.6) is 0 Å². The van der Waals surface area contributed by atoms with Crippen LogP contribution in [0.3, 0.4) is 0 Å². The number of rotatable bonds is 6. The van der Waals surface area contributed by atoms with Gasteiger partial charge in [-0.25, -0.2) is 9.97 Å². The number of aromatic nitrogens is 2. The third-order valence-corrected chi connectivity index (χ3v) is 4.16. The predicted octanol–water partition coefficient (Wildman–Crippen LogP) is 3.94. The van der Waals surface area contributed by atoms with Crippen molar-refractivity contribution in [3.8, 4) is 0 Å². The first-order chi connectivity index (χ1) is 13.0. The van der Waals surface area contributed by atoms with Crippen LogP contribution < -0.4 is 10.6 Å². The van der Waals surface area contributed by atoms with Crippen molar-refractivity contribution in [1.29, 1.82) is 0 Å². The van der Waals surface area contributed by atoms with Crippen LogP contribution in [0.2, 0.25) is 0 Å². The average Bonchev–Trinajstić information content (AvgIpc) is 2.64. The number of anilines is 1. The summed E-state index contributed by atoms with van der Waals surface area (Å²) in [5.74, 6) is 0.248. The summed E-state index contributed by atoms with van der Waals surface area (Å²) in [5.41, 5.74) is 5.69. The Morgan fingerprint density at radius 2 is 1.48 bits per heavy atom. The Bertz CT molecular complexity index is 953. The maximum atomic E-state index is 12.5.